The Morgan fingerprint density at radius 3 is 2.59 bits per heavy atom. The first-order valence-electron chi connectivity index (χ1n) is 7.65. The third kappa shape index (κ3) is 2.28. The lowest BCUT2D eigenvalue weighted by Crippen LogP contribution is -2.36. The largest absolute Gasteiger partial charge is 0.378 e. The molecule has 3 atom stereocenters. The maximum absolute atomic E-state index is 13.6. The summed E-state index contributed by atoms with van der Waals surface area (Å²) in [5.74, 6) is -0.249. The molecule has 0 saturated carbocycles. The molecule has 2 heterocycles. The summed E-state index contributed by atoms with van der Waals surface area (Å²) in [4.78, 5) is 0. The van der Waals surface area contributed by atoms with Crippen molar-refractivity contribution < 1.29 is 13.5 Å². The molecule has 114 valence electrons. The topological polar surface area (TPSA) is 21.3 Å². The van der Waals surface area contributed by atoms with Crippen molar-refractivity contribution in [3.63, 3.8) is 0 Å². The van der Waals surface area contributed by atoms with E-state index in [2.05, 4.69) is 5.32 Å². The van der Waals surface area contributed by atoms with Crippen molar-refractivity contribution in [3.8, 4) is 0 Å². The number of anilines is 1. The van der Waals surface area contributed by atoms with Crippen molar-refractivity contribution >= 4 is 5.69 Å². The van der Waals surface area contributed by atoms with Crippen LogP contribution in [0.1, 0.15) is 36.1 Å². The number of fused-ring (bicyclic) bond motifs is 3. The highest BCUT2D eigenvalue weighted by atomic mass is 19.1. The van der Waals surface area contributed by atoms with Gasteiger partial charge in [0.2, 0.25) is 0 Å². The fraction of sp³-hybridized carbons (Fsp3) is 0.333. The van der Waals surface area contributed by atoms with Gasteiger partial charge in [0.25, 0.3) is 0 Å². The van der Waals surface area contributed by atoms with E-state index in [4.69, 9.17) is 4.74 Å². The van der Waals surface area contributed by atoms with Crippen molar-refractivity contribution in [1.82, 2.24) is 0 Å². The molecule has 0 radical (unpaired) electrons. The summed E-state index contributed by atoms with van der Waals surface area (Å²) >= 11 is 0. The van der Waals surface area contributed by atoms with Gasteiger partial charge in [-0.3, -0.25) is 0 Å². The molecule has 1 N–H and O–H groups in total. The zero-order chi connectivity index (χ0) is 15.1. The van der Waals surface area contributed by atoms with Crippen LogP contribution >= 0.6 is 0 Å². The summed E-state index contributed by atoms with van der Waals surface area (Å²) in [7, 11) is 0. The maximum Gasteiger partial charge on any atom is 0.123 e. The minimum absolute atomic E-state index is 0.0591. The van der Waals surface area contributed by atoms with Gasteiger partial charge in [0.15, 0.2) is 0 Å². The monoisotopic (exact) mass is 301 g/mol. The SMILES string of the molecule is Fc1ccc([C@@H]2Nc3ccc(F)cc3[C@@H]3OCCC[C@H]23)cc1. The lowest BCUT2D eigenvalue weighted by atomic mass is 9.77. The minimum atomic E-state index is -0.242. The summed E-state index contributed by atoms with van der Waals surface area (Å²) in [6.45, 7) is 0.702. The van der Waals surface area contributed by atoms with Gasteiger partial charge in [0.05, 0.1) is 12.1 Å². The predicted octanol–water partition coefficient (Wildman–Crippen LogP) is 4.60. The predicted molar refractivity (Wildman–Crippen MR) is 80.6 cm³/mol. The lowest BCUT2D eigenvalue weighted by Gasteiger charge is -2.43. The van der Waals surface area contributed by atoms with Gasteiger partial charge >= 0.3 is 0 Å². The van der Waals surface area contributed by atoms with Gasteiger partial charge in [-0.15, -0.1) is 0 Å². The molecule has 0 aliphatic carbocycles. The van der Waals surface area contributed by atoms with Crippen LogP contribution in [0.4, 0.5) is 14.5 Å². The zero-order valence-corrected chi connectivity index (χ0v) is 12.1. The lowest BCUT2D eigenvalue weighted by molar-refractivity contribution is -0.0382. The summed E-state index contributed by atoms with van der Waals surface area (Å²) < 4.78 is 32.7. The normalized spacial score (nSPS) is 26.7. The Bertz CT molecular complexity index is 686. The number of halogens is 2. The fourth-order valence-electron chi connectivity index (χ4n) is 3.64. The molecule has 0 spiro atoms. The first kappa shape index (κ1) is 13.7. The summed E-state index contributed by atoms with van der Waals surface area (Å²) in [5.41, 5.74) is 2.83. The first-order chi connectivity index (χ1) is 10.7. The Morgan fingerprint density at radius 2 is 1.77 bits per heavy atom. The molecule has 1 saturated heterocycles. The van der Waals surface area contributed by atoms with Crippen LogP contribution in [0.3, 0.4) is 0 Å². The van der Waals surface area contributed by atoms with Gasteiger partial charge in [0, 0.05) is 23.8 Å². The van der Waals surface area contributed by atoms with Gasteiger partial charge in [0.1, 0.15) is 11.6 Å². The van der Waals surface area contributed by atoms with E-state index in [1.807, 2.05) is 12.1 Å². The molecule has 4 rings (SSSR count). The van der Waals surface area contributed by atoms with E-state index in [-0.39, 0.29) is 29.7 Å². The van der Waals surface area contributed by atoms with Gasteiger partial charge in [-0.2, -0.15) is 0 Å². The Balaban J connectivity index is 1.77. The second-order valence-electron chi connectivity index (χ2n) is 6.00. The number of hydrogen-bond acceptors (Lipinski definition) is 2. The molecule has 2 aliphatic rings. The van der Waals surface area contributed by atoms with E-state index >= 15 is 0 Å². The molecule has 0 aromatic heterocycles. The van der Waals surface area contributed by atoms with E-state index in [0.717, 1.165) is 29.7 Å². The summed E-state index contributed by atoms with van der Waals surface area (Å²) in [5, 5.41) is 3.49. The van der Waals surface area contributed by atoms with Crippen molar-refractivity contribution in [2.45, 2.75) is 25.0 Å². The summed E-state index contributed by atoms with van der Waals surface area (Å²) in [6, 6.07) is 11.4. The number of nitrogens with one attached hydrogen (secondary N) is 1. The first-order valence-corrected chi connectivity index (χ1v) is 7.65. The van der Waals surface area contributed by atoms with Crippen molar-refractivity contribution in [2.24, 2.45) is 5.92 Å². The van der Waals surface area contributed by atoms with Gasteiger partial charge in [-0.1, -0.05) is 12.1 Å². The number of benzene rings is 2. The molecule has 0 unspecified atom stereocenters. The standard InChI is InChI=1S/C18H17F2NO/c19-12-5-3-11(4-6-12)17-14-2-1-9-22-18(14)15-10-13(20)7-8-16(15)21-17/h3-8,10,14,17-18,21H,1-2,9H2/t14-,17+,18-/m1/s1. The van der Waals surface area contributed by atoms with E-state index in [0.29, 0.717) is 6.61 Å². The highest BCUT2D eigenvalue weighted by Crippen LogP contribution is 2.49. The van der Waals surface area contributed by atoms with Crippen LogP contribution in [0.15, 0.2) is 42.5 Å². The van der Waals surface area contributed by atoms with Crippen LogP contribution in [0.2, 0.25) is 0 Å². The van der Waals surface area contributed by atoms with Gasteiger partial charge in [-0.25, -0.2) is 8.78 Å². The van der Waals surface area contributed by atoms with Gasteiger partial charge < -0.3 is 10.1 Å². The Kier molecular flexibility index (Phi) is 3.34. The van der Waals surface area contributed by atoms with E-state index in [1.165, 1.54) is 18.2 Å². The second-order valence-corrected chi connectivity index (χ2v) is 6.00. The maximum atomic E-state index is 13.6. The number of hydrogen-bond donors (Lipinski definition) is 1. The highest BCUT2D eigenvalue weighted by Gasteiger charge is 2.39. The molecule has 2 aromatic carbocycles. The molecular formula is C18H17F2NO. The number of ether oxygens (including phenoxy) is 1. The third-order valence-corrected chi connectivity index (χ3v) is 4.66. The molecule has 0 bridgehead atoms. The van der Waals surface area contributed by atoms with Crippen LogP contribution < -0.4 is 5.32 Å². The Labute approximate surface area is 128 Å². The smallest absolute Gasteiger partial charge is 0.123 e. The van der Waals surface area contributed by atoms with Crippen LogP contribution in [-0.2, 0) is 4.74 Å². The molecular weight excluding hydrogens is 284 g/mol. The van der Waals surface area contributed by atoms with E-state index < -0.39 is 0 Å². The van der Waals surface area contributed by atoms with Crippen LogP contribution in [-0.4, -0.2) is 6.61 Å². The number of rotatable bonds is 1. The van der Waals surface area contributed by atoms with E-state index in [9.17, 15) is 8.78 Å². The Morgan fingerprint density at radius 1 is 1.00 bits per heavy atom. The van der Waals surface area contributed by atoms with Crippen molar-refractivity contribution in [1.29, 1.82) is 0 Å². The van der Waals surface area contributed by atoms with E-state index in [1.54, 1.807) is 12.1 Å². The third-order valence-electron chi connectivity index (χ3n) is 4.66. The molecule has 0 amide bonds. The molecule has 2 nitrogen and oxygen atoms in total. The molecule has 22 heavy (non-hydrogen) atoms. The van der Waals surface area contributed by atoms with Gasteiger partial charge in [-0.05, 0) is 48.7 Å². The minimum Gasteiger partial charge on any atom is -0.378 e. The molecule has 1 fully saturated rings. The zero-order valence-electron chi connectivity index (χ0n) is 12.1. The summed E-state index contributed by atoms with van der Waals surface area (Å²) in [6.07, 6.45) is 1.90. The van der Waals surface area contributed by atoms with Crippen molar-refractivity contribution in [3.05, 3.63) is 65.2 Å². The quantitative estimate of drug-likeness (QED) is 0.831. The molecule has 4 heteroatoms. The van der Waals surface area contributed by atoms with Crippen molar-refractivity contribution in [2.75, 3.05) is 11.9 Å². The highest BCUT2D eigenvalue weighted by molar-refractivity contribution is 5.57. The Hall–Kier alpha value is -1.94. The fourth-order valence-corrected chi connectivity index (χ4v) is 3.64. The average molecular weight is 301 g/mol. The molecule has 2 aromatic rings. The average Bonchev–Trinajstić information content (AvgIpc) is 2.55. The van der Waals surface area contributed by atoms with Crippen LogP contribution in [0.25, 0.3) is 0 Å². The van der Waals surface area contributed by atoms with Crippen LogP contribution in [0, 0.1) is 17.6 Å². The second kappa shape index (κ2) is 5.36. The molecule has 2 aliphatic heterocycles. The van der Waals surface area contributed by atoms with Crippen LogP contribution in [0.5, 0.6) is 0 Å².